The molecule has 0 fully saturated rings. The number of furan rings is 1. The van der Waals surface area contributed by atoms with Crippen LogP contribution in [0.2, 0.25) is 0 Å². The van der Waals surface area contributed by atoms with Crippen molar-refractivity contribution in [3.05, 3.63) is 483 Å². The van der Waals surface area contributed by atoms with Gasteiger partial charge in [-0.25, -0.2) is 0 Å². The number of hydrogen-bond donors (Lipinski definition) is 0. The van der Waals surface area contributed by atoms with Gasteiger partial charge in [0.15, 0.2) is 0 Å². The van der Waals surface area contributed by atoms with Gasteiger partial charge in [0.1, 0.15) is 11.2 Å². The van der Waals surface area contributed by atoms with Gasteiger partial charge in [-0.1, -0.05) is 307 Å². The Labute approximate surface area is 771 Å². The maximum atomic E-state index is 6.16. The summed E-state index contributed by atoms with van der Waals surface area (Å²) in [4.78, 5) is 4.83. The number of thiophene rings is 1. The summed E-state index contributed by atoms with van der Waals surface area (Å²) in [5.41, 5.74) is 40.5. The molecule has 0 spiro atoms. The fourth-order valence-electron chi connectivity index (χ4n) is 21.3. The maximum absolute atomic E-state index is 6.16. The van der Waals surface area contributed by atoms with Crippen molar-refractivity contribution >= 4 is 131 Å². The third-order valence-electron chi connectivity index (χ3n) is 28.0. The van der Waals surface area contributed by atoms with Crippen molar-refractivity contribution < 1.29 is 4.42 Å². The second-order valence-corrected chi connectivity index (χ2v) is 37.4. The van der Waals surface area contributed by atoms with E-state index in [1.807, 2.05) is 23.5 Å². The van der Waals surface area contributed by atoms with Gasteiger partial charge >= 0.3 is 0 Å². The van der Waals surface area contributed by atoms with Gasteiger partial charge in [0.05, 0.1) is 22.1 Å². The van der Waals surface area contributed by atoms with Gasteiger partial charge in [-0.3, -0.25) is 0 Å². The molecule has 4 aromatic heterocycles. The van der Waals surface area contributed by atoms with Crippen molar-refractivity contribution in [1.29, 1.82) is 0 Å². The molecular formula is C126H88N4OS. The van der Waals surface area contributed by atoms with Gasteiger partial charge in [-0.2, -0.15) is 0 Å². The van der Waals surface area contributed by atoms with Gasteiger partial charge in [-0.15, -0.1) is 11.3 Å². The zero-order valence-electron chi connectivity index (χ0n) is 73.5. The fourth-order valence-corrected chi connectivity index (χ4v) is 22.4. The topological polar surface area (TPSA) is 29.5 Å². The molecule has 0 N–H and O–H groups in total. The molecule has 24 aromatic rings. The Morgan fingerprint density at radius 1 is 0.197 bits per heavy atom. The van der Waals surface area contributed by atoms with Crippen molar-refractivity contribution in [1.82, 2.24) is 9.13 Å². The van der Waals surface area contributed by atoms with Crippen LogP contribution in [0.15, 0.2) is 465 Å². The SMILES string of the molecule is CC1(C)c2ccccc2-c2ccc(N(c3ccc(-c4ccc5oc6ccccc6c5c4)cc3)c3ccc(-c4ccc5c(c4)c4cc(-c6ccccc6)ccc4n5-c4ccccc4)cc3)cc21.CC1(C)c2ccccc2-c2ccc(N(c3ccc(-c4ccc5sc6ccccc6c5c4)cc3)c3ccc(-c4ccc5c(c4)c4cc(-c6ccccc6)ccc4n5-c4ccccc4)cc3)cc21. The van der Waals surface area contributed by atoms with Crippen LogP contribution in [0.3, 0.4) is 0 Å². The number of para-hydroxylation sites is 3. The lowest BCUT2D eigenvalue weighted by atomic mass is 9.82. The Balaban J connectivity index is 0.000000142. The molecule has 0 radical (unpaired) electrons. The van der Waals surface area contributed by atoms with Crippen LogP contribution >= 0.6 is 11.3 Å². The lowest BCUT2D eigenvalue weighted by molar-refractivity contribution is 0.660. The Kier molecular flexibility index (Phi) is 18.4. The minimum Gasteiger partial charge on any atom is -0.456 e. The quantitative estimate of drug-likeness (QED) is 0.109. The molecule has 2 aliphatic carbocycles. The molecule has 0 bridgehead atoms. The van der Waals surface area contributed by atoms with E-state index in [9.17, 15) is 0 Å². The van der Waals surface area contributed by atoms with Gasteiger partial charge in [-0.05, 0) is 293 Å². The molecule has 26 rings (SSSR count). The zero-order valence-corrected chi connectivity index (χ0v) is 74.3. The number of benzene rings is 20. The Bertz CT molecular complexity index is 8150. The first kappa shape index (κ1) is 77.9. The standard InChI is InChI=1S/C63H44N2O.C63H44N2S/c2*1-63(2)57-19-11-9-17-51(57)52-33-32-50(40-58(52)63)64(49-30-23-43(24-31-49)46-27-36-62-56(39-46)53-18-10-12-20-61(53)66-62)48-28-21-42(22-29-48)45-26-35-60-55(38-45)54-37-44(41-13-5-3-6-14-41)25-34-59(54)65(60)47-15-7-4-8-16-47/h2*3-40H,1-2H3. The van der Waals surface area contributed by atoms with E-state index in [0.717, 1.165) is 78.6 Å². The predicted octanol–water partition coefficient (Wildman–Crippen LogP) is 35.4. The van der Waals surface area contributed by atoms with Gasteiger partial charge in [0.25, 0.3) is 0 Å². The summed E-state index contributed by atoms with van der Waals surface area (Å²) in [7, 11) is 0. The molecule has 0 atom stereocenters. The van der Waals surface area contributed by atoms with E-state index in [0.29, 0.717) is 0 Å². The highest BCUT2D eigenvalue weighted by Crippen LogP contribution is 2.54. The minimum absolute atomic E-state index is 0.115. The van der Waals surface area contributed by atoms with E-state index < -0.39 is 0 Å². The van der Waals surface area contributed by atoms with E-state index in [4.69, 9.17) is 4.42 Å². The molecule has 4 heterocycles. The monoisotopic (exact) mass is 1700 g/mol. The summed E-state index contributed by atoms with van der Waals surface area (Å²) in [5, 5.41) is 9.87. The number of fused-ring (bicyclic) bond motifs is 18. The van der Waals surface area contributed by atoms with Gasteiger partial charge in [0, 0.05) is 109 Å². The lowest BCUT2D eigenvalue weighted by Gasteiger charge is -2.28. The van der Waals surface area contributed by atoms with Crippen LogP contribution in [-0.4, -0.2) is 9.13 Å². The third kappa shape index (κ3) is 13.1. The van der Waals surface area contributed by atoms with Crippen LogP contribution < -0.4 is 9.80 Å². The number of anilines is 6. The first-order valence-corrected chi connectivity index (χ1v) is 46.5. The van der Waals surface area contributed by atoms with E-state index >= 15 is 0 Å². The largest absolute Gasteiger partial charge is 0.456 e. The number of nitrogens with zero attached hydrogens (tertiary/aromatic N) is 4. The lowest BCUT2D eigenvalue weighted by Crippen LogP contribution is -2.16. The van der Waals surface area contributed by atoms with Crippen molar-refractivity contribution in [2.75, 3.05) is 9.80 Å². The van der Waals surface area contributed by atoms with Crippen LogP contribution in [-0.2, 0) is 10.8 Å². The minimum atomic E-state index is -0.124. The molecule has 0 unspecified atom stereocenters. The molecule has 0 aliphatic heterocycles. The zero-order chi connectivity index (χ0) is 87.9. The highest BCUT2D eigenvalue weighted by atomic mass is 32.1. The summed E-state index contributed by atoms with van der Waals surface area (Å²) in [6, 6.07) is 169. The smallest absolute Gasteiger partial charge is 0.135 e. The molecular weight excluding hydrogens is 1620 g/mol. The third-order valence-corrected chi connectivity index (χ3v) is 29.2. The molecule has 0 saturated carbocycles. The highest BCUT2D eigenvalue weighted by molar-refractivity contribution is 7.25. The Hall–Kier alpha value is -16.4. The molecule has 0 amide bonds. The molecule has 132 heavy (non-hydrogen) atoms. The number of rotatable bonds is 14. The predicted molar refractivity (Wildman–Crippen MR) is 559 cm³/mol. The second kappa shape index (κ2) is 31.2. The average molecular weight is 1710 g/mol. The molecule has 2 aliphatic rings. The Morgan fingerprint density at radius 2 is 0.485 bits per heavy atom. The summed E-state index contributed by atoms with van der Waals surface area (Å²) < 4.78 is 13.6. The summed E-state index contributed by atoms with van der Waals surface area (Å²) in [5.74, 6) is 0. The van der Waals surface area contributed by atoms with Gasteiger partial charge < -0.3 is 23.4 Å². The van der Waals surface area contributed by atoms with Crippen LogP contribution in [0.1, 0.15) is 49.9 Å². The van der Waals surface area contributed by atoms with Crippen LogP contribution in [0.4, 0.5) is 34.1 Å². The van der Waals surface area contributed by atoms with E-state index in [-0.39, 0.29) is 10.8 Å². The van der Waals surface area contributed by atoms with E-state index in [1.54, 1.807) is 0 Å². The second-order valence-electron chi connectivity index (χ2n) is 36.3. The maximum Gasteiger partial charge on any atom is 0.135 e. The normalized spacial score (nSPS) is 12.8. The molecule has 5 nitrogen and oxygen atoms in total. The van der Waals surface area contributed by atoms with Gasteiger partial charge in [0.2, 0.25) is 0 Å². The van der Waals surface area contributed by atoms with E-state index in [2.05, 4.69) is 496 Å². The fraction of sp³-hybridized carbons (Fsp3) is 0.0476. The molecule has 0 saturated heterocycles. The van der Waals surface area contributed by atoms with E-state index in [1.165, 1.54) is 164 Å². The van der Waals surface area contributed by atoms with Crippen LogP contribution in [0.25, 0.3) is 186 Å². The van der Waals surface area contributed by atoms with Crippen molar-refractivity contribution in [2.45, 2.75) is 38.5 Å². The summed E-state index contributed by atoms with van der Waals surface area (Å²) in [6.07, 6.45) is 0. The van der Waals surface area contributed by atoms with Crippen molar-refractivity contribution in [2.24, 2.45) is 0 Å². The molecule has 624 valence electrons. The highest BCUT2D eigenvalue weighted by Gasteiger charge is 2.38. The Morgan fingerprint density at radius 3 is 0.902 bits per heavy atom. The van der Waals surface area contributed by atoms with Crippen molar-refractivity contribution in [3.63, 3.8) is 0 Å². The first-order chi connectivity index (χ1) is 64.9. The molecule has 20 aromatic carbocycles. The summed E-state index contributed by atoms with van der Waals surface area (Å²) >= 11 is 1.86. The van der Waals surface area contributed by atoms with Crippen LogP contribution in [0, 0.1) is 0 Å². The number of aromatic nitrogens is 2. The molecule has 6 heteroatoms. The average Bonchev–Trinajstić information content (AvgIpc) is 1.59. The summed E-state index contributed by atoms with van der Waals surface area (Å²) in [6.45, 7) is 9.43. The van der Waals surface area contributed by atoms with Crippen molar-refractivity contribution in [3.8, 4) is 100 Å². The van der Waals surface area contributed by atoms with Crippen LogP contribution in [0.5, 0.6) is 0 Å². The number of hydrogen-bond acceptors (Lipinski definition) is 4. The first-order valence-electron chi connectivity index (χ1n) is 45.6.